The fourth-order valence-corrected chi connectivity index (χ4v) is 2.36. The van der Waals surface area contributed by atoms with E-state index in [0.717, 1.165) is 4.47 Å². The minimum absolute atomic E-state index is 0.130. The molecule has 0 saturated carbocycles. The third kappa shape index (κ3) is 3.81. The van der Waals surface area contributed by atoms with Crippen molar-refractivity contribution < 1.29 is 9.18 Å². The van der Waals surface area contributed by atoms with Gasteiger partial charge in [-0.2, -0.15) is 5.26 Å². The number of anilines is 1. The molecule has 1 amide bonds. The molecule has 3 nitrogen and oxygen atoms in total. The van der Waals surface area contributed by atoms with Crippen LogP contribution in [-0.4, -0.2) is 5.91 Å². The van der Waals surface area contributed by atoms with Crippen LogP contribution in [0.25, 0.3) is 0 Å². The Morgan fingerprint density at radius 1 is 1.38 bits per heavy atom. The fraction of sp³-hybridized carbons (Fsp3) is 0.0667. The van der Waals surface area contributed by atoms with Crippen molar-refractivity contribution in [3.05, 3.63) is 62.8 Å². The lowest BCUT2D eigenvalue weighted by atomic mass is 10.1. The van der Waals surface area contributed by atoms with Gasteiger partial charge in [0.25, 0.3) is 0 Å². The number of carbonyl (C=O) groups excluding carboxylic acids is 1. The molecule has 0 heterocycles. The topological polar surface area (TPSA) is 52.9 Å². The summed E-state index contributed by atoms with van der Waals surface area (Å²) in [5, 5.41) is 11.8. The van der Waals surface area contributed by atoms with Crippen molar-refractivity contribution in [1.82, 2.24) is 0 Å². The highest BCUT2D eigenvalue weighted by Gasteiger charge is 2.13. The molecular formula is C15H9BrClFN2O. The van der Waals surface area contributed by atoms with Gasteiger partial charge in [-0.1, -0.05) is 33.6 Å². The third-order valence-corrected chi connectivity index (χ3v) is 3.62. The van der Waals surface area contributed by atoms with Crippen LogP contribution in [0.2, 0.25) is 5.02 Å². The van der Waals surface area contributed by atoms with Gasteiger partial charge in [0.05, 0.1) is 17.7 Å². The molecule has 2 rings (SSSR count). The molecule has 0 aliphatic heterocycles. The summed E-state index contributed by atoms with van der Waals surface area (Å²) in [5.41, 5.74) is 0.820. The summed E-state index contributed by atoms with van der Waals surface area (Å²) in [6, 6.07) is 11.1. The average molecular weight is 368 g/mol. The minimum Gasteiger partial charge on any atom is -0.325 e. The van der Waals surface area contributed by atoms with E-state index in [1.165, 1.54) is 18.2 Å². The highest BCUT2D eigenvalue weighted by Crippen LogP contribution is 2.23. The molecular weight excluding hydrogens is 359 g/mol. The van der Waals surface area contributed by atoms with Crippen molar-refractivity contribution in [2.75, 3.05) is 5.32 Å². The second kappa shape index (κ2) is 6.70. The van der Waals surface area contributed by atoms with E-state index in [9.17, 15) is 9.18 Å². The Bertz CT molecular complexity index is 723. The van der Waals surface area contributed by atoms with E-state index in [1.54, 1.807) is 18.2 Å². The maximum Gasteiger partial charge on any atom is 0.228 e. The maximum atomic E-state index is 13.6. The first-order valence-electron chi connectivity index (χ1n) is 5.93. The zero-order valence-electron chi connectivity index (χ0n) is 10.7. The average Bonchev–Trinajstić information content (AvgIpc) is 2.43. The van der Waals surface area contributed by atoms with Crippen molar-refractivity contribution in [3.63, 3.8) is 0 Å². The Balaban J connectivity index is 2.20. The Morgan fingerprint density at radius 3 is 2.81 bits per heavy atom. The van der Waals surface area contributed by atoms with E-state index in [-0.39, 0.29) is 17.0 Å². The number of amides is 1. The number of hydrogen-bond acceptors (Lipinski definition) is 2. The first-order chi connectivity index (χ1) is 10.0. The molecule has 106 valence electrons. The second-order valence-electron chi connectivity index (χ2n) is 4.23. The van der Waals surface area contributed by atoms with Crippen LogP contribution in [0.3, 0.4) is 0 Å². The number of carbonyl (C=O) groups is 1. The first kappa shape index (κ1) is 15.5. The largest absolute Gasteiger partial charge is 0.325 e. The summed E-state index contributed by atoms with van der Waals surface area (Å²) in [7, 11) is 0. The molecule has 0 aliphatic rings. The Kier molecular flexibility index (Phi) is 4.94. The number of nitrogens with one attached hydrogen (secondary N) is 1. The van der Waals surface area contributed by atoms with Crippen LogP contribution in [0.1, 0.15) is 11.1 Å². The van der Waals surface area contributed by atoms with E-state index in [4.69, 9.17) is 16.9 Å². The number of nitriles is 1. The van der Waals surface area contributed by atoms with Crippen LogP contribution >= 0.6 is 27.5 Å². The van der Waals surface area contributed by atoms with Gasteiger partial charge in [0.1, 0.15) is 11.9 Å². The summed E-state index contributed by atoms with van der Waals surface area (Å²) >= 11 is 9.14. The van der Waals surface area contributed by atoms with Crippen molar-refractivity contribution >= 4 is 39.1 Å². The molecule has 1 N–H and O–H groups in total. The zero-order valence-corrected chi connectivity index (χ0v) is 13.0. The summed E-state index contributed by atoms with van der Waals surface area (Å²) in [6.07, 6.45) is -0.205. The normalized spacial score (nSPS) is 10.0. The molecule has 0 radical (unpaired) electrons. The van der Waals surface area contributed by atoms with Gasteiger partial charge in [0.15, 0.2) is 0 Å². The van der Waals surface area contributed by atoms with Gasteiger partial charge in [-0.15, -0.1) is 0 Å². The van der Waals surface area contributed by atoms with Crippen molar-refractivity contribution in [2.24, 2.45) is 0 Å². The predicted octanol–water partition coefficient (Wildman–Crippen LogP) is 4.29. The quantitative estimate of drug-likeness (QED) is 0.879. The molecule has 21 heavy (non-hydrogen) atoms. The molecule has 2 aromatic carbocycles. The van der Waals surface area contributed by atoms with E-state index in [0.29, 0.717) is 11.3 Å². The van der Waals surface area contributed by atoms with Gasteiger partial charge in [-0.05, 0) is 30.3 Å². The van der Waals surface area contributed by atoms with Gasteiger partial charge in [-0.3, -0.25) is 4.79 Å². The molecule has 0 bridgehead atoms. The molecule has 0 fully saturated rings. The monoisotopic (exact) mass is 366 g/mol. The van der Waals surface area contributed by atoms with Crippen LogP contribution in [0.4, 0.5) is 10.1 Å². The SMILES string of the molecule is N#Cc1ccc(Br)cc1NC(=O)Cc1c(F)cccc1Cl. The molecule has 2 aromatic rings. The Labute approximate surface area is 134 Å². The van der Waals surface area contributed by atoms with Crippen molar-refractivity contribution in [1.29, 1.82) is 5.26 Å². The highest BCUT2D eigenvalue weighted by molar-refractivity contribution is 9.10. The van der Waals surface area contributed by atoms with Crippen LogP contribution in [-0.2, 0) is 11.2 Å². The zero-order chi connectivity index (χ0) is 15.4. The van der Waals surface area contributed by atoms with Crippen molar-refractivity contribution in [2.45, 2.75) is 6.42 Å². The molecule has 0 atom stereocenters. The highest BCUT2D eigenvalue weighted by atomic mass is 79.9. The van der Waals surface area contributed by atoms with Crippen LogP contribution in [0.15, 0.2) is 40.9 Å². The lowest BCUT2D eigenvalue weighted by molar-refractivity contribution is -0.115. The van der Waals surface area contributed by atoms with Gasteiger partial charge in [0, 0.05) is 15.1 Å². The number of halogens is 3. The molecule has 0 saturated heterocycles. The van der Waals surface area contributed by atoms with E-state index in [1.807, 2.05) is 6.07 Å². The standard InChI is InChI=1S/C15H9BrClFN2O/c16-10-5-4-9(8-19)14(6-10)20-15(21)7-11-12(17)2-1-3-13(11)18/h1-6H,7H2,(H,20,21). The molecule has 0 aliphatic carbocycles. The van der Waals surface area contributed by atoms with Crippen molar-refractivity contribution in [3.8, 4) is 6.07 Å². The van der Waals surface area contributed by atoms with Crippen LogP contribution in [0.5, 0.6) is 0 Å². The summed E-state index contributed by atoms with van der Waals surface area (Å²) < 4.78 is 14.4. The maximum absolute atomic E-state index is 13.6. The van der Waals surface area contributed by atoms with E-state index < -0.39 is 11.7 Å². The molecule has 0 aromatic heterocycles. The van der Waals surface area contributed by atoms with Gasteiger partial charge < -0.3 is 5.32 Å². The predicted molar refractivity (Wildman–Crippen MR) is 82.6 cm³/mol. The summed E-state index contributed by atoms with van der Waals surface area (Å²) in [5.74, 6) is -0.982. The summed E-state index contributed by atoms with van der Waals surface area (Å²) in [4.78, 5) is 12.0. The van der Waals surface area contributed by atoms with E-state index in [2.05, 4.69) is 21.2 Å². The van der Waals surface area contributed by atoms with Gasteiger partial charge in [-0.25, -0.2) is 4.39 Å². The lowest BCUT2D eigenvalue weighted by Crippen LogP contribution is -2.16. The molecule has 6 heteroatoms. The fourth-order valence-electron chi connectivity index (χ4n) is 1.77. The Hall–Kier alpha value is -1.90. The number of rotatable bonds is 3. The third-order valence-electron chi connectivity index (χ3n) is 2.78. The van der Waals surface area contributed by atoms with Gasteiger partial charge >= 0.3 is 0 Å². The smallest absolute Gasteiger partial charge is 0.228 e. The second-order valence-corrected chi connectivity index (χ2v) is 5.55. The number of hydrogen-bond donors (Lipinski definition) is 1. The number of nitrogens with zero attached hydrogens (tertiary/aromatic N) is 1. The van der Waals surface area contributed by atoms with Gasteiger partial charge in [0.2, 0.25) is 5.91 Å². The van der Waals surface area contributed by atoms with Crippen LogP contribution in [0, 0.1) is 17.1 Å². The summed E-state index contributed by atoms with van der Waals surface area (Å²) in [6.45, 7) is 0. The Morgan fingerprint density at radius 2 is 2.14 bits per heavy atom. The lowest BCUT2D eigenvalue weighted by Gasteiger charge is -2.09. The van der Waals surface area contributed by atoms with Crippen LogP contribution < -0.4 is 5.32 Å². The van der Waals surface area contributed by atoms with E-state index >= 15 is 0 Å². The molecule has 0 unspecified atom stereocenters. The number of benzene rings is 2. The first-order valence-corrected chi connectivity index (χ1v) is 7.10. The molecule has 0 spiro atoms. The minimum atomic E-state index is -0.535.